The van der Waals surface area contributed by atoms with Crippen LogP contribution in [0.4, 0.5) is 0 Å². The van der Waals surface area contributed by atoms with E-state index in [4.69, 9.17) is 15.0 Å². The molecule has 11 rings (SSSR count). The summed E-state index contributed by atoms with van der Waals surface area (Å²) in [6.07, 6.45) is 0. The van der Waals surface area contributed by atoms with E-state index >= 15 is 0 Å². The van der Waals surface area contributed by atoms with Crippen molar-refractivity contribution in [3.8, 4) is 51.0 Å². The van der Waals surface area contributed by atoms with Crippen molar-refractivity contribution in [2.45, 2.75) is 19.3 Å². The number of nitrogens with zero attached hydrogens (tertiary/aromatic N) is 4. The smallest absolute Gasteiger partial charge is 0.164 e. The number of para-hydroxylation sites is 1. The standard InChI is InChI=1S/C48H32N4S/c1-48(2)39-19-11-9-17-33(39)36-24-25-37-34-18-10-12-20-40(34)52(44(37)43(36)48)32-22-26-41-38(28-32)35-23-21-31(27-42(35)53-41)47-50-45(29-13-5-3-6-14-29)49-46(51-47)30-15-7-4-8-16-30/h3-28H,1-2H3. The van der Waals surface area contributed by atoms with Gasteiger partial charge in [-0.25, -0.2) is 15.0 Å². The summed E-state index contributed by atoms with van der Waals surface area (Å²) in [7, 11) is 0. The van der Waals surface area contributed by atoms with Crippen molar-refractivity contribution in [1.82, 2.24) is 19.5 Å². The van der Waals surface area contributed by atoms with Crippen molar-refractivity contribution in [3.05, 3.63) is 169 Å². The maximum Gasteiger partial charge on any atom is 0.164 e. The average Bonchev–Trinajstić information content (AvgIpc) is 3.83. The summed E-state index contributed by atoms with van der Waals surface area (Å²) in [5.74, 6) is 2.00. The molecule has 0 saturated carbocycles. The zero-order valence-electron chi connectivity index (χ0n) is 29.2. The van der Waals surface area contributed by atoms with Crippen LogP contribution in [0.25, 0.3) is 93.0 Å². The van der Waals surface area contributed by atoms with E-state index in [1.54, 1.807) is 0 Å². The molecule has 4 nitrogen and oxygen atoms in total. The first-order valence-corrected chi connectivity index (χ1v) is 18.9. The first kappa shape index (κ1) is 30.2. The highest BCUT2D eigenvalue weighted by molar-refractivity contribution is 7.25. The second-order valence-electron chi connectivity index (χ2n) is 14.4. The molecule has 7 aromatic carbocycles. The van der Waals surface area contributed by atoms with E-state index in [1.807, 2.05) is 72.0 Å². The van der Waals surface area contributed by atoms with Crippen molar-refractivity contribution in [3.63, 3.8) is 0 Å². The third kappa shape index (κ3) is 4.51. The summed E-state index contributed by atoms with van der Waals surface area (Å²) in [6.45, 7) is 4.76. The molecule has 1 aliphatic rings. The Morgan fingerprint density at radius 2 is 1.11 bits per heavy atom. The van der Waals surface area contributed by atoms with Crippen LogP contribution in [-0.4, -0.2) is 19.5 Å². The van der Waals surface area contributed by atoms with E-state index in [0.29, 0.717) is 17.5 Å². The molecule has 0 saturated heterocycles. The van der Waals surface area contributed by atoms with Crippen LogP contribution in [0.15, 0.2) is 158 Å². The van der Waals surface area contributed by atoms with E-state index in [2.05, 4.69) is 115 Å². The molecular formula is C48H32N4S. The number of benzene rings is 7. The summed E-state index contributed by atoms with van der Waals surface area (Å²) in [4.78, 5) is 14.9. The Balaban J connectivity index is 1.09. The summed E-state index contributed by atoms with van der Waals surface area (Å²) in [6, 6.07) is 56.3. The molecule has 0 N–H and O–H groups in total. The van der Waals surface area contributed by atoms with Crippen LogP contribution in [-0.2, 0) is 5.41 Å². The van der Waals surface area contributed by atoms with E-state index in [-0.39, 0.29) is 5.41 Å². The second-order valence-corrected chi connectivity index (χ2v) is 15.5. The van der Waals surface area contributed by atoms with Gasteiger partial charge in [0.1, 0.15) is 0 Å². The molecule has 0 spiro atoms. The zero-order chi connectivity index (χ0) is 35.3. The highest BCUT2D eigenvalue weighted by atomic mass is 32.1. The maximum atomic E-state index is 5.00. The number of thiophene rings is 1. The fourth-order valence-electron chi connectivity index (χ4n) is 8.56. The predicted octanol–water partition coefficient (Wildman–Crippen LogP) is 12.6. The summed E-state index contributed by atoms with van der Waals surface area (Å²) in [5, 5.41) is 5.05. The molecule has 1 aliphatic carbocycles. The van der Waals surface area contributed by atoms with Gasteiger partial charge in [-0.05, 0) is 52.6 Å². The van der Waals surface area contributed by atoms with Crippen molar-refractivity contribution in [1.29, 1.82) is 0 Å². The highest BCUT2D eigenvalue weighted by Gasteiger charge is 2.38. The lowest BCUT2D eigenvalue weighted by Crippen LogP contribution is -2.16. The maximum absolute atomic E-state index is 5.00. The first-order chi connectivity index (χ1) is 26.0. The summed E-state index contributed by atoms with van der Waals surface area (Å²) < 4.78 is 4.97. The Morgan fingerprint density at radius 3 is 1.87 bits per heavy atom. The molecule has 10 aromatic rings. The van der Waals surface area contributed by atoms with Crippen molar-refractivity contribution in [2.24, 2.45) is 0 Å². The number of fused-ring (bicyclic) bond motifs is 10. The highest BCUT2D eigenvalue weighted by Crippen LogP contribution is 2.53. The van der Waals surface area contributed by atoms with Crippen LogP contribution in [0.5, 0.6) is 0 Å². The van der Waals surface area contributed by atoms with Gasteiger partial charge in [0.2, 0.25) is 0 Å². The topological polar surface area (TPSA) is 43.6 Å². The Bertz CT molecular complexity index is 3020. The van der Waals surface area contributed by atoms with E-state index in [0.717, 1.165) is 16.7 Å². The molecule has 53 heavy (non-hydrogen) atoms. The lowest BCUT2D eigenvalue weighted by Gasteiger charge is -2.23. The molecule has 3 aromatic heterocycles. The van der Waals surface area contributed by atoms with Crippen molar-refractivity contribution in [2.75, 3.05) is 0 Å². The molecule has 0 atom stereocenters. The molecular weight excluding hydrogens is 665 g/mol. The van der Waals surface area contributed by atoms with Gasteiger partial charge < -0.3 is 4.57 Å². The quantitative estimate of drug-likeness (QED) is 0.184. The van der Waals surface area contributed by atoms with Crippen LogP contribution in [0, 0.1) is 0 Å². The zero-order valence-corrected chi connectivity index (χ0v) is 30.0. The van der Waals surface area contributed by atoms with Crippen LogP contribution in [0.1, 0.15) is 25.0 Å². The fraction of sp³-hybridized carbons (Fsp3) is 0.0625. The van der Waals surface area contributed by atoms with E-state index < -0.39 is 0 Å². The third-order valence-corrected chi connectivity index (χ3v) is 12.2. The van der Waals surface area contributed by atoms with Crippen molar-refractivity contribution < 1.29 is 0 Å². The van der Waals surface area contributed by atoms with Gasteiger partial charge >= 0.3 is 0 Å². The van der Waals surface area contributed by atoms with Crippen LogP contribution < -0.4 is 0 Å². The summed E-state index contributed by atoms with van der Waals surface area (Å²) in [5.41, 5.74) is 11.9. The minimum atomic E-state index is -0.136. The third-order valence-electron chi connectivity index (χ3n) is 11.0. The van der Waals surface area contributed by atoms with Gasteiger partial charge in [-0.3, -0.25) is 0 Å². The number of hydrogen-bond acceptors (Lipinski definition) is 4. The van der Waals surface area contributed by atoms with E-state index in [9.17, 15) is 0 Å². The lowest BCUT2D eigenvalue weighted by atomic mass is 9.81. The average molecular weight is 697 g/mol. The molecule has 250 valence electrons. The minimum absolute atomic E-state index is 0.136. The van der Waals surface area contributed by atoms with Crippen LogP contribution >= 0.6 is 11.3 Å². The first-order valence-electron chi connectivity index (χ1n) is 18.0. The van der Waals surface area contributed by atoms with Crippen molar-refractivity contribution >= 4 is 53.3 Å². The molecule has 5 heteroatoms. The van der Waals surface area contributed by atoms with Gasteiger partial charge in [0.05, 0.1) is 11.0 Å². The van der Waals surface area contributed by atoms with Gasteiger partial charge in [-0.2, -0.15) is 0 Å². The van der Waals surface area contributed by atoms with Gasteiger partial charge in [0, 0.05) is 58.7 Å². The Kier molecular flexibility index (Phi) is 6.43. The molecule has 3 heterocycles. The predicted molar refractivity (Wildman–Crippen MR) is 221 cm³/mol. The van der Waals surface area contributed by atoms with Gasteiger partial charge in [0.25, 0.3) is 0 Å². The Labute approximate surface area is 310 Å². The van der Waals surface area contributed by atoms with Crippen LogP contribution in [0.2, 0.25) is 0 Å². The number of aromatic nitrogens is 4. The second kappa shape index (κ2) is 11.3. The minimum Gasteiger partial charge on any atom is -0.309 e. The normalized spacial score (nSPS) is 13.2. The fourth-order valence-corrected chi connectivity index (χ4v) is 9.69. The van der Waals surface area contributed by atoms with Gasteiger partial charge in [-0.15, -0.1) is 11.3 Å². The molecule has 0 amide bonds. The van der Waals surface area contributed by atoms with Gasteiger partial charge in [0.15, 0.2) is 17.5 Å². The Morgan fingerprint density at radius 1 is 0.472 bits per heavy atom. The molecule has 0 bridgehead atoms. The lowest BCUT2D eigenvalue weighted by molar-refractivity contribution is 0.664. The monoisotopic (exact) mass is 696 g/mol. The molecule has 0 fully saturated rings. The molecule has 0 aliphatic heterocycles. The Hall–Kier alpha value is -6.43. The summed E-state index contributed by atoms with van der Waals surface area (Å²) >= 11 is 1.82. The molecule has 0 radical (unpaired) electrons. The largest absolute Gasteiger partial charge is 0.309 e. The molecule has 0 unspecified atom stereocenters. The van der Waals surface area contributed by atoms with Crippen LogP contribution in [0.3, 0.4) is 0 Å². The number of hydrogen-bond donors (Lipinski definition) is 0. The van der Waals surface area contributed by atoms with E-state index in [1.165, 1.54) is 69.9 Å². The SMILES string of the molecule is CC1(C)c2ccccc2-c2ccc3c4ccccc4n(-c4ccc5sc6cc(-c7nc(-c8ccccc8)nc(-c8ccccc8)n7)ccc6c5c4)c3c21. The van der Waals surface area contributed by atoms with Gasteiger partial charge in [-0.1, -0.05) is 141 Å². The number of rotatable bonds is 4.